The predicted octanol–water partition coefficient (Wildman–Crippen LogP) is 3.98. The SMILES string of the molecule is Cc1cc(C)cc(COc2ccc(/C=C/C(=O)O)cc2)c1. The number of aliphatic carboxylic acids is 1. The van der Waals surface area contributed by atoms with Gasteiger partial charge in [-0.05, 0) is 43.2 Å². The van der Waals surface area contributed by atoms with Crippen LogP contribution in [0.15, 0.2) is 48.5 Å². The van der Waals surface area contributed by atoms with Crippen molar-refractivity contribution < 1.29 is 14.6 Å². The van der Waals surface area contributed by atoms with E-state index < -0.39 is 5.97 Å². The molecule has 0 aromatic heterocycles. The number of rotatable bonds is 5. The van der Waals surface area contributed by atoms with Gasteiger partial charge in [-0.3, -0.25) is 0 Å². The van der Waals surface area contributed by atoms with Gasteiger partial charge in [-0.25, -0.2) is 4.79 Å². The van der Waals surface area contributed by atoms with Gasteiger partial charge in [0.2, 0.25) is 0 Å². The van der Waals surface area contributed by atoms with Crippen molar-refractivity contribution in [2.24, 2.45) is 0 Å². The molecule has 0 atom stereocenters. The molecule has 1 N–H and O–H groups in total. The van der Waals surface area contributed by atoms with E-state index in [9.17, 15) is 4.79 Å². The van der Waals surface area contributed by atoms with Gasteiger partial charge in [-0.15, -0.1) is 0 Å². The van der Waals surface area contributed by atoms with Crippen molar-refractivity contribution in [2.45, 2.75) is 20.5 Å². The van der Waals surface area contributed by atoms with E-state index in [0.717, 1.165) is 23.0 Å². The molecule has 3 heteroatoms. The molecule has 0 fully saturated rings. The van der Waals surface area contributed by atoms with Gasteiger partial charge in [0, 0.05) is 6.08 Å². The quantitative estimate of drug-likeness (QED) is 0.844. The Morgan fingerprint density at radius 2 is 1.71 bits per heavy atom. The number of ether oxygens (including phenoxy) is 1. The predicted molar refractivity (Wildman–Crippen MR) is 83.4 cm³/mol. The fourth-order valence-corrected chi connectivity index (χ4v) is 2.16. The number of carboxylic acid groups (broad SMARTS) is 1. The Labute approximate surface area is 124 Å². The maximum atomic E-state index is 10.4. The van der Waals surface area contributed by atoms with E-state index in [1.54, 1.807) is 6.08 Å². The molecular formula is C18H18O3. The number of carboxylic acids is 1. The van der Waals surface area contributed by atoms with Crippen LogP contribution in [0.3, 0.4) is 0 Å². The molecule has 0 aliphatic rings. The van der Waals surface area contributed by atoms with Crippen molar-refractivity contribution in [3.63, 3.8) is 0 Å². The summed E-state index contributed by atoms with van der Waals surface area (Å²) in [6, 6.07) is 13.7. The van der Waals surface area contributed by atoms with Crippen LogP contribution in [0, 0.1) is 13.8 Å². The maximum absolute atomic E-state index is 10.4. The first-order valence-electron chi connectivity index (χ1n) is 6.74. The zero-order valence-electron chi connectivity index (χ0n) is 12.2. The number of hydrogen-bond acceptors (Lipinski definition) is 2. The van der Waals surface area contributed by atoms with Gasteiger partial charge in [0.05, 0.1) is 0 Å². The third-order valence-corrected chi connectivity index (χ3v) is 2.99. The average molecular weight is 282 g/mol. The van der Waals surface area contributed by atoms with Crippen molar-refractivity contribution >= 4 is 12.0 Å². The third kappa shape index (κ3) is 4.80. The molecule has 108 valence electrons. The topological polar surface area (TPSA) is 46.5 Å². The first-order valence-corrected chi connectivity index (χ1v) is 6.74. The molecule has 0 aliphatic carbocycles. The van der Waals surface area contributed by atoms with Crippen molar-refractivity contribution in [1.29, 1.82) is 0 Å². The molecule has 0 aliphatic heterocycles. The fraction of sp³-hybridized carbons (Fsp3) is 0.167. The second kappa shape index (κ2) is 6.75. The standard InChI is InChI=1S/C18H18O3/c1-13-9-14(2)11-16(10-13)12-21-17-6-3-15(4-7-17)5-8-18(19)20/h3-11H,12H2,1-2H3,(H,19,20)/b8-5+. The lowest BCUT2D eigenvalue weighted by Gasteiger charge is -2.08. The second-order valence-electron chi connectivity index (χ2n) is 5.03. The van der Waals surface area contributed by atoms with Crippen LogP contribution in [-0.2, 0) is 11.4 Å². The van der Waals surface area contributed by atoms with Gasteiger partial charge in [-0.2, -0.15) is 0 Å². The minimum Gasteiger partial charge on any atom is -0.489 e. The molecule has 2 aromatic carbocycles. The summed E-state index contributed by atoms with van der Waals surface area (Å²) in [6.07, 6.45) is 2.67. The molecule has 0 amide bonds. The number of carbonyl (C=O) groups is 1. The second-order valence-corrected chi connectivity index (χ2v) is 5.03. The molecule has 2 aromatic rings. The minimum atomic E-state index is -0.954. The van der Waals surface area contributed by atoms with E-state index in [0.29, 0.717) is 6.61 Å². The van der Waals surface area contributed by atoms with Crippen molar-refractivity contribution in [3.05, 3.63) is 70.8 Å². The highest BCUT2D eigenvalue weighted by Crippen LogP contribution is 2.16. The van der Waals surface area contributed by atoms with Gasteiger partial charge >= 0.3 is 5.97 Å². The summed E-state index contributed by atoms with van der Waals surface area (Å²) >= 11 is 0. The summed E-state index contributed by atoms with van der Waals surface area (Å²) in [7, 11) is 0. The lowest BCUT2D eigenvalue weighted by Crippen LogP contribution is -1.96. The summed E-state index contributed by atoms with van der Waals surface area (Å²) in [4.78, 5) is 10.4. The molecule has 2 rings (SSSR count). The first kappa shape index (κ1) is 14.9. The molecule has 21 heavy (non-hydrogen) atoms. The van der Waals surface area contributed by atoms with Gasteiger partial charge < -0.3 is 9.84 Å². The Morgan fingerprint density at radius 1 is 1.10 bits per heavy atom. The minimum absolute atomic E-state index is 0.521. The molecule has 0 spiro atoms. The van der Waals surface area contributed by atoms with Gasteiger partial charge in [0.1, 0.15) is 12.4 Å². The molecule has 0 unspecified atom stereocenters. The Balaban J connectivity index is 1.99. The molecule has 0 bridgehead atoms. The summed E-state index contributed by atoms with van der Waals surface area (Å²) in [5, 5.41) is 8.57. The Hall–Kier alpha value is -2.55. The van der Waals surface area contributed by atoms with Crippen LogP contribution in [0.4, 0.5) is 0 Å². The Bertz CT molecular complexity index is 634. The monoisotopic (exact) mass is 282 g/mol. The maximum Gasteiger partial charge on any atom is 0.328 e. The molecule has 0 heterocycles. The van der Waals surface area contributed by atoms with Crippen molar-refractivity contribution in [3.8, 4) is 5.75 Å². The summed E-state index contributed by atoms with van der Waals surface area (Å²) in [5.41, 5.74) is 4.42. The number of hydrogen-bond donors (Lipinski definition) is 1. The highest BCUT2D eigenvalue weighted by molar-refractivity contribution is 5.85. The number of aryl methyl sites for hydroxylation is 2. The van der Waals surface area contributed by atoms with Crippen LogP contribution in [0.2, 0.25) is 0 Å². The molecule has 0 saturated heterocycles. The van der Waals surface area contributed by atoms with E-state index in [2.05, 4.69) is 32.0 Å². The Morgan fingerprint density at radius 3 is 2.29 bits per heavy atom. The van der Waals surface area contributed by atoms with Crippen LogP contribution >= 0.6 is 0 Å². The Kier molecular flexibility index (Phi) is 4.77. The van der Waals surface area contributed by atoms with Gasteiger partial charge in [0.15, 0.2) is 0 Å². The van der Waals surface area contributed by atoms with E-state index in [-0.39, 0.29) is 0 Å². The normalized spacial score (nSPS) is 10.8. The summed E-state index contributed by atoms with van der Waals surface area (Å²) < 4.78 is 5.74. The van der Waals surface area contributed by atoms with E-state index in [1.165, 1.54) is 11.1 Å². The van der Waals surface area contributed by atoms with Crippen molar-refractivity contribution in [1.82, 2.24) is 0 Å². The van der Waals surface area contributed by atoms with Gasteiger partial charge in [-0.1, -0.05) is 41.5 Å². The molecule has 3 nitrogen and oxygen atoms in total. The van der Waals surface area contributed by atoms with E-state index >= 15 is 0 Å². The fourth-order valence-electron chi connectivity index (χ4n) is 2.16. The van der Waals surface area contributed by atoms with Crippen LogP contribution in [0.25, 0.3) is 6.08 Å². The first-order chi connectivity index (χ1) is 10.0. The average Bonchev–Trinajstić information content (AvgIpc) is 2.43. The van der Waals surface area contributed by atoms with Crippen molar-refractivity contribution in [2.75, 3.05) is 0 Å². The number of benzene rings is 2. The van der Waals surface area contributed by atoms with E-state index in [4.69, 9.17) is 9.84 Å². The highest BCUT2D eigenvalue weighted by atomic mass is 16.5. The largest absolute Gasteiger partial charge is 0.489 e. The molecular weight excluding hydrogens is 264 g/mol. The van der Waals surface area contributed by atoms with Crippen LogP contribution < -0.4 is 4.74 Å². The summed E-state index contributed by atoms with van der Waals surface area (Å²) in [6.45, 7) is 4.66. The van der Waals surface area contributed by atoms with E-state index in [1.807, 2.05) is 24.3 Å². The lowest BCUT2D eigenvalue weighted by atomic mass is 10.1. The van der Waals surface area contributed by atoms with Crippen LogP contribution in [0.5, 0.6) is 5.75 Å². The smallest absolute Gasteiger partial charge is 0.328 e. The molecule has 0 saturated carbocycles. The van der Waals surface area contributed by atoms with Crippen LogP contribution in [0.1, 0.15) is 22.3 Å². The lowest BCUT2D eigenvalue weighted by molar-refractivity contribution is -0.131. The van der Waals surface area contributed by atoms with Crippen LogP contribution in [-0.4, -0.2) is 11.1 Å². The summed E-state index contributed by atoms with van der Waals surface area (Å²) in [5.74, 6) is -0.188. The zero-order chi connectivity index (χ0) is 15.2. The zero-order valence-corrected chi connectivity index (χ0v) is 12.2. The highest BCUT2D eigenvalue weighted by Gasteiger charge is 1.99. The third-order valence-electron chi connectivity index (χ3n) is 2.99. The molecule has 0 radical (unpaired) electrons. The van der Waals surface area contributed by atoms with Gasteiger partial charge in [0.25, 0.3) is 0 Å².